The van der Waals surface area contributed by atoms with Crippen molar-refractivity contribution in [1.29, 1.82) is 0 Å². The van der Waals surface area contributed by atoms with Gasteiger partial charge < -0.3 is 4.74 Å². The molecule has 3 aromatic rings. The molecule has 140 valence electrons. The van der Waals surface area contributed by atoms with Gasteiger partial charge in [0.05, 0.1) is 12.3 Å². The Morgan fingerprint density at radius 2 is 1.74 bits per heavy atom. The topological polar surface area (TPSA) is 44.1 Å². The summed E-state index contributed by atoms with van der Waals surface area (Å²) in [6, 6.07) is 18.7. The Balaban J connectivity index is 1.95. The minimum atomic E-state index is -0.377. The van der Waals surface area contributed by atoms with Gasteiger partial charge in [-0.2, -0.15) is 5.10 Å². The highest BCUT2D eigenvalue weighted by atomic mass is 16.5. The third kappa shape index (κ3) is 4.45. The van der Waals surface area contributed by atoms with Gasteiger partial charge in [-0.15, -0.1) is 0 Å². The molecule has 4 nitrogen and oxygen atoms in total. The first-order valence-electron chi connectivity index (χ1n) is 9.40. The lowest BCUT2D eigenvalue weighted by Crippen LogP contribution is -2.10. The van der Waals surface area contributed by atoms with Gasteiger partial charge in [-0.05, 0) is 42.5 Å². The number of hydrogen-bond acceptors (Lipinski definition) is 3. The molecule has 0 radical (unpaired) electrons. The number of hydrogen-bond donors (Lipinski definition) is 0. The second-order valence-electron chi connectivity index (χ2n) is 7.16. The van der Waals surface area contributed by atoms with Crippen molar-refractivity contribution < 1.29 is 9.53 Å². The number of esters is 1. The number of aryl methyl sites for hydroxylation is 1. The molecule has 0 aliphatic rings. The summed E-state index contributed by atoms with van der Waals surface area (Å²) in [6.45, 7) is 9.25. The van der Waals surface area contributed by atoms with E-state index < -0.39 is 0 Å². The van der Waals surface area contributed by atoms with Crippen molar-refractivity contribution >= 4 is 5.97 Å². The van der Waals surface area contributed by atoms with Crippen LogP contribution in [-0.2, 0) is 11.3 Å². The average Bonchev–Trinajstić information content (AvgIpc) is 3.05. The van der Waals surface area contributed by atoms with E-state index in [1.807, 2.05) is 10.7 Å². The zero-order chi connectivity index (χ0) is 19.4. The predicted octanol–water partition coefficient (Wildman–Crippen LogP) is 5.36. The van der Waals surface area contributed by atoms with Crippen LogP contribution in [0.2, 0.25) is 0 Å². The van der Waals surface area contributed by atoms with E-state index in [0.29, 0.717) is 18.2 Å². The van der Waals surface area contributed by atoms with Crippen LogP contribution in [0.15, 0.2) is 54.6 Å². The van der Waals surface area contributed by atoms with Gasteiger partial charge in [-0.3, -0.25) is 4.68 Å². The van der Waals surface area contributed by atoms with Crippen LogP contribution < -0.4 is 0 Å². The van der Waals surface area contributed by atoms with E-state index in [1.54, 1.807) is 6.92 Å². The molecular weight excluding hydrogens is 336 g/mol. The van der Waals surface area contributed by atoms with Crippen molar-refractivity contribution in [2.45, 2.75) is 34.2 Å². The highest BCUT2D eigenvalue weighted by Crippen LogP contribution is 2.27. The lowest BCUT2D eigenvalue weighted by atomic mass is 10.0. The maximum absolute atomic E-state index is 12.1. The molecule has 0 unspecified atom stereocenters. The SMILES string of the molecule is CCOC(=O)c1cc(-c2ccc(-c3cccc(C)c3)cc2)n(CC(C)C)n1. The summed E-state index contributed by atoms with van der Waals surface area (Å²) in [7, 11) is 0. The Hall–Kier alpha value is -2.88. The van der Waals surface area contributed by atoms with Crippen LogP contribution in [-0.4, -0.2) is 22.4 Å². The molecule has 0 saturated heterocycles. The van der Waals surface area contributed by atoms with Crippen molar-refractivity contribution in [2.75, 3.05) is 6.61 Å². The van der Waals surface area contributed by atoms with Crippen LogP contribution in [0, 0.1) is 12.8 Å². The first-order valence-corrected chi connectivity index (χ1v) is 9.40. The monoisotopic (exact) mass is 362 g/mol. The molecule has 0 N–H and O–H groups in total. The van der Waals surface area contributed by atoms with Crippen molar-refractivity contribution in [2.24, 2.45) is 5.92 Å². The Kier molecular flexibility index (Phi) is 5.75. The number of rotatable bonds is 6. The molecule has 2 aromatic carbocycles. The van der Waals surface area contributed by atoms with Crippen molar-refractivity contribution in [3.63, 3.8) is 0 Å². The largest absolute Gasteiger partial charge is 0.461 e. The molecule has 0 spiro atoms. The summed E-state index contributed by atoms with van der Waals surface area (Å²) in [5.74, 6) is 0.0444. The first kappa shape index (κ1) is 18.9. The fourth-order valence-corrected chi connectivity index (χ4v) is 3.10. The van der Waals surface area contributed by atoms with Crippen molar-refractivity contribution in [3.8, 4) is 22.4 Å². The van der Waals surface area contributed by atoms with E-state index in [-0.39, 0.29) is 5.97 Å². The second kappa shape index (κ2) is 8.21. The highest BCUT2D eigenvalue weighted by molar-refractivity contribution is 5.88. The van der Waals surface area contributed by atoms with Crippen LogP contribution in [0.5, 0.6) is 0 Å². The Morgan fingerprint density at radius 1 is 1.04 bits per heavy atom. The molecule has 0 saturated carbocycles. The molecule has 0 aliphatic heterocycles. The summed E-state index contributed by atoms with van der Waals surface area (Å²) in [5.41, 5.74) is 5.94. The standard InChI is InChI=1S/C23H26N2O2/c1-5-27-23(26)21-14-22(25(24-21)15-16(2)3)19-11-9-18(10-12-19)20-8-6-7-17(4)13-20/h6-14,16H,5,15H2,1-4H3. The third-order valence-electron chi connectivity index (χ3n) is 4.33. The van der Waals surface area contributed by atoms with E-state index in [4.69, 9.17) is 4.74 Å². The van der Waals surface area contributed by atoms with Gasteiger partial charge in [0.25, 0.3) is 0 Å². The number of ether oxygens (including phenoxy) is 1. The van der Waals surface area contributed by atoms with Crippen LogP contribution in [0.3, 0.4) is 0 Å². The maximum atomic E-state index is 12.1. The molecule has 0 fully saturated rings. The van der Waals surface area contributed by atoms with E-state index >= 15 is 0 Å². The van der Waals surface area contributed by atoms with E-state index in [2.05, 4.69) is 74.4 Å². The summed E-state index contributed by atoms with van der Waals surface area (Å²) < 4.78 is 7.01. The van der Waals surface area contributed by atoms with Crippen LogP contribution in [0.25, 0.3) is 22.4 Å². The maximum Gasteiger partial charge on any atom is 0.358 e. The molecule has 0 aliphatic carbocycles. The van der Waals surface area contributed by atoms with Gasteiger partial charge in [0, 0.05) is 6.54 Å². The Morgan fingerprint density at radius 3 is 2.37 bits per heavy atom. The molecular formula is C23H26N2O2. The Labute approximate surface area is 160 Å². The molecule has 1 heterocycles. The molecule has 0 amide bonds. The average molecular weight is 362 g/mol. The van der Waals surface area contributed by atoms with E-state index in [1.165, 1.54) is 16.7 Å². The lowest BCUT2D eigenvalue weighted by Gasteiger charge is -2.10. The zero-order valence-corrected chi connectivity index (χ0v) is 16.4. The summed E-state index contributed by atoms with van der Waals surface area (Å²) in [5, 5.41) is 4.48. The number of nitrogens with zero attached hydrogens (tertiary/aromatic N) is 2. The van der Waals surface area contributed by atoms with Gasteiger partial charge in [0.15, 0.2) is 5.69 Å². The minimum absolute atomic E-state index is 0.344. The fourth-order valence-electron chi connectivity index (χ4n) is 3.10. The van der Waals surface area contributed by atoms with Gasteiger partial charge in [-0.1, -0.05) is 67.9 Å². The summed E-state index contributed by atoms with van der Waals surface area (Å²) in [6.07, 6.45) is 0. The third-order valence-corrected chi connectivity index (χ3v) is 4.33. The molecule has 1 aromatic heterocycles. The van der Waals surface area contributed by atoms with E-state index in [0.717, 1.165) is 17.8 Å². The molecule has 3 rings (SSSR count). The smallest absolute Gasteiger partial charge is 0.358 e. The lowest BCUT2D eigenvalue weighted by molar-refractivity contribution is 0.0518. The molecule has 4 heteroatoms. The number of aromatic nitrogens is 2. The van der Waals surface area contributed by atoms with Gasteiger partial charge in [0.1, 0.15) is 0 Å². The fraction of sp³-hybridized carbons (Fsp3) is 0.304. The quantitative estimate of drug-likeness (QED) is 0.555. The van der Waals surface area contributed by atoms with Gasteiger partial charge in [0.2, 0.25) is 0 Å². The van der Waals surface area contributed by atoms with Crippen LogP contribution >= 0.6 is 0 Å². The van der Waals surface area contributed by atoms with Crippen LogP contribution in [0.4, 0.5) is 0 Å². The normalized spacial score (nSPS) is 11.0. The van der Waals surface area contributed by atoms with Crippen molar-refractivity contribution in [3.05, 3.63) is 65.9 Å². The number of carbonyl (C=O) groups excluding carboxylic acids is 1. The number of benzene rings is 2. The van der Waals surface area contributed by atoms with Crippen molar-refractivity contribution in [1.82, 2.24) is 9.78 Å². The van der Waals surface area contributed by atoms with Gasteiger partial charge in [-0.25, -0.2) is 4.79 Å². The van der Waals surface area contributed by atoms with Gasteiger partial charge >= 0.3 is 5.97 Å². The predicted molar refractivity (Wildman–Crippen MR) is 109 cm³/mol. The molecule has 0 atom stereocenters. The van der Waals surface area contributed by atoms with E-state index in [9.17, 15) is 4.79 Å². The summed E-state index contributed by atoms with van der Waals surface area (Å²) in [4.78, 5) is 12.1. The second-order valence-corrected chi connectivity index (χ2v) is 7.16. The molecule has 0 bridgehead atoms. The minimum Gasteiger partial charge on any atom is -0.461 e. The zero-order valence-electron chi connectivity index (χ0n) is 16.4. The Bertz CT molecular complexity index is 924. The molecule has 27 heavy (non-hydrogen) atoms. The highest BCUT2D eigenvalue weighted by Gasteiger charge is 2.17. The first-order chi connectivity index (χ1) is 13.0. The summed E-state index contributed by atoms with van der Waals surface area (Å²) >= 11 is 0. The van der Waals surface area contributed by atoms with Crippen LogP contribution in [0.1, 0.15) is 36.8 Å². The number of carbonyl (C=O) groups is 1.